The van der Waals surface area contributed by atoms with Crippen molar-refractivity contribution in [3.05, 3.63) is 34.9 Å². The summed E-state index contributed by atoms with van der Waals surface area (Å²) in [5.74, 6) is -0.752. The number of fused-ring (bicyclic) bond motifs is 1. The number of carbonyl (C=O) groups is 3. The van der Waals surface area contributed by atoms with Gasteiger partial charge < -0.3 is 10.6 Å². The van der Waals surface area contributed by atoms with Crippen LogP contribution in [0.1, 0.15) is 60.0 Å². The lowest BCUT2D eigenvalue weighted by molar-refractivity contribution is -0.136. The highest BCUT2D eigenvalue weighted by Gasteiger charge is 2.39. The minimum Gasteiger partial charge on any atom is -0.328 e. The van der Waals surface area contributed by atoms with Gasteiger partial charge in [0.05, 0.1) is 0 Å². The molecular weight excluding hydrogens is 356 g/mol. The van der Waals surface area contributed by atoms with Crippen LogP contribution >= 0.6 is 0 Å². The van der Waals surface area contributed by atoms with Gasteiger partial charge in [0.2, 0.25) is 11.8 Å². The van der Waals surface area contributed by atoms with E-state index in [9.17, 15) is 14.4 Å². The zero-order valence-corrected chi connectivity index (χ0v) is 16.3. The van der Waals surface area contributed by atoms with Crippen molar-refractivity contribution in [1.82, 2.24) is 15.1 Å². The molecule has 150 valence electrons. The summed E-state index contributed by atoms with van der Waals surface area (Å²) in [6, 6.07) is 6.31. The maximum atomic E-state index is 12.8. The second-order valence-corrected chi connectivity index (χ2v) is 8.38. The quantitative estimate of drug-likeness (QED) is 0.759. The van der Waals surface area contributed by atoms with E-state index in [2.05, 4.69) is 23.3 Å². The van der Waals surface area contributed by atoms with E-state index in [4.69, 9.17) is 5.73 Å². The summed E-state index contributed by atoms with van der Waals surface area (Å²) in [6.07, 6.45) is 5.08. The van der Waals surface area contributed by atoms with Crippen LogP contribution in [0.3, 0.4) is 0 Å². The van der Waals surface area contributed by atoms with E-state index in [0.29, 0.717) is 30.6 Å². The molecular formula is C21H28N4O3. The molecule has 0 bridgehead atoms. The molecule has 1 aromatic carbocycles. The third-order valence-corrected chi connectivity index (χ3v) is 6.38. The van der Waals surface area contributed by atoms with E-state index in [-0.39, 0.29) is 24.1 Å². The standard InChI is InChI=1S/C21H28N4O3/c1-24(16-5-3-15(22)4-6-16)11-13-2-7-17-14(10-13)12-25(21(17)28)18-8-9-19(26)23-20(18)27/h2,7,10,15-16,18H,3-6,8-9,11-12,22H2,1H3,(H,23,26,27). The summed E-state index contributed by atoms with van der Waals surface area (Å²) in [6.45, 7) is 1.26. The lowest BCUT2D eigenvalue weighted by atomic mass is 9.91. The van der Waals surface area contributed by atoms with Crippen molar-refractivity contribution in [3.63, 3.8) is 0 Å². The second kappa shape index (κ2) is 7.64. The van der Waals surface area contributed by atoms with Crippen LogP contribution in [-0.4, -0.2) is 52.7 Å². The lowest BCUT2D eigenvalue weighted by Gasteiger charge is -2.33. The summed E-state index contributed by atoms with van der Waals surface area (Å²) in [4.78, 5) is 40.3. The summed E-state index contributed by atoms with van der Waals surface area (Å²) < 4.78 is 0. The molecule has 2 aliphatic heterocycles. The van der Waals surface area contributed by atoms with Crippen LogP contribution < -0.4 is 11.1 Å². The van der Waals surface area contributed by atoms with Crippen LogP contribution in [0.4, 0.5) is 0 Å². The number of piperidine rings is 1. The minimum atomic E-state index is -0.560. The number of nitrogens with zero attached hydrogens (tertiary/aromatic N) is 2. The fourth-order valence-corrected chi connectivity index (χ4v) is 4.69. The zero-order valence-electron chi connectivity index (χ0n) is 16.3. The molecule has 1 unspecified atom stereocenters. The Bertz CT molecular complexity index is 801. The normalized spacial score (nSPS) is 27.9. The van der Waals surface area contributed by atoms with Crippen LogP contribution in [0.2, 0.25) is 0 Å². The molecule has 3 aliphatic rings. The Hall–Kier alpha value is -2.25. The number of benzene rings is 1. The third kappa shape index (κ3) is 3.69. The van der Waals surface area contributed by atoms with E-state index in [1.807, 2.05) is 12.1 Å². The monoisotopic (exact) mass is 384 g/mol. The molecule has 7 nitrogen and oxygen atoms in total. The fraction of sp³-hybridized carbons (Fsp3) is 0.571. The number of nitrogens with two attached hydrogens (primary N) is 1. The van der Waals surface area contributed by atoms with Gasteiger partial charge in [-0.2, -0.15) is 0 Å². The lowest BCUT2D eigenvalue weighted by Crippen LogP contribution is -2.52. The molecule has 1 aromatic rings. The summed E-state index contributed by atoms with van der Waals surface area (Å²) in [7, 11) is 2.15. The van der Waals surface area contributed by atoms with Gasteiger partial charge in [-0.15, -0.1) is 0 Å². The minimum absolute atomic E-state index is 0.120. The number of amides is 3. The van der Waals surface area contributed by atoms with Gasteiger partial charge in [0, 0.05) is 37.2 Å². The SMILES string of the molecule is CN(Cc1ccc2c(c1)CN(C1CCC(=O)NC1=O)C2=O)C1CCC(N)CC1. The van der Waals surface area contributed by atoms with Crippen molar-refractivity contribution in [2.45, 2.75) is 69.7 Å². The van der Waals surface area contributed by atoms with Gasteiger partial charge >= 0.3 is 0 Å². The molecule has 1 saturated carbocycles. The van der Waals surface area contributed by atoms with Crippen molar-refractivity contribution < 1.29 is 14.4 Å². The zero-order chi connectivity index (χ0) is 19.8. The van der Waals surface area contributed by atoms with E-state index in [1.54, 1.807) is 4.90 Å². The Balaban J connectivity index is 1.43. The van der Waals surface area contributed by atoms with E-state index in [1.165, 1.54) is 5.56 Å². The predicted octanol–water partition coefficient (Wildman–Crippen LogP) is 1.15. The van der Waals surface area contributed by atoms with E-state index in [0.717, 1.165) is 37.8 Å². The smallest absolute Gasteiger partial charge is 0.255 e. The molecule has 1 aliphatic carbocycles. The Kier molecular flexibility index (Phi) is 5.21. The van der Waals surface area contributed by atoms with Crippen LogP contribution in [-0.2, 0) is 22.7 Å². The Morgan fingerprint density at radius 3 is 2.61 bits per heavy atom. The van der Waals surface area contributed by atoms with Crippen molar-refractivity contribution in [3.8, 4) is 0 Å². The summed E-state index contributed by atoms with van der Waals surface area (Å²) >= 11 is 0. The van der Waals surface area contributed by atoms with E-state index < -0.39 is 6.04 Å². The Morgan fingerprint density at radius 1 is 1.14 bits per heavy atom. The number of rotatable bonds is 4. The highest BCUT2D eigenvalue weighted by atomic mass is 16.2. The van der Waals surface area contributed by atoms with Crippen LogP contribution in [0.5, 0.6) is 0 Å². The molecule has 2 fully saturated rings. The molecule has 0 aromatic heterocycles. The van der Waals surface area contributed by atoms with Crippen LogP contribution in [0.25, 0.3) is 0 Å². The maximum Gasteiger partial charge on any atom is 0.255 e. The largest absolute Gasteiger partial charge is 0.328 e. The summed E-state index contributed by atoms with van der Waals surface area (Å²) in [5, 5.41) is 2.34. The van der Waals surface area contributed by atoms with Crippen molar-refractivity contribution in [2.24, 2.45) is 5.73 Å². The van der Waals surface area contributed by atoms with Gasteiger partial charge in [0.1, 0.15) is 6.04 Å². The van der Waals surface area contributed by atoms with Crippen LogP contribution in [0.15, 0.2) is 18.2 Å². The van der Waals surface area contributed by atoms with Gasteiger partial charge in [-0.1, -0.05) is 12.1 Å². The molecule has 3 N–H and O–H groups in total. The van der Waals surface area contributed by atoms with E-state index >= 15 is 0 Å². The number of carbonyl (C=O) groups excluding carboxylic acids is 3. The third-order valence-electron chi connectivity index (χ3n) is 6.38. The van der Waals surface area contributed by atoms with Gasteiger partial charge in [0.15, 0.2) is 0 Å². The summed E-state index contributed by atoms with van der Waals surface area (Å²) in [5.41, 5.74) is 8.82. The highest BCUT2D eigenvalue weighted by molar-refractivity contribution is 6.05. The Morgan fingerprint density at radius 2 is 1.89 bits per heavy atom. The maximum absolute atomic E-state index is 12.8. The second-order valence-electron chi connectivity index (χ2n) is 8.38. The number of nitrogens with one attached hydrogen (secondary N) is 1. The first-order chi connectivity index (χ1) is 13.4. The molecule has 1 atom stereocenters. The van der Waals surface area contributed by atoms with Crippen LogP contribution in [0, 0.1) is 0 Å². The topological polar surface area (TPSA) is 95.7 Å². The van der Waals surface area contributed by atoms with Gasteiger partial charge in [-0.3, -0.25) is 24.6 Å². The van der Waals surface area contributed by atoms with Gasteiger partial charge in [0.25, 0.3) is 5.91 Å². The molecule has 1 saturated heterocycles. The average molecular weight is 384 g/mol. The molecule has 4 rings (SSSR count). The number of hydrogen-bond acceptors (Lipinski definition) is 5. The first-order valence-electron chi connectivity index (χ1n) is 10.1. The molecule has 0 spiro atoms. The molecule has 7 heteroatoms. The average Bonchev–Trinajstić information content (AvgIpc) is 2.98. The Labute approximate surface area is 165 Å². The van der Waals surface area contributed by atoms with Gasteiger partial charge in [-0.05, 0) is 56.3 Å². The fourth-order valence-electron chi connectivity index (χ4n) is 4.69. The van der Waals surface area contributed by atoms with Crippen molar-refractivity contribution in [2.75, 3.05) is 7.05 Å². The first kappa shape index (κ1) is 19.1. The molecule has 28 heavy (non-hydrogen) atoms. The predicted molar refractivity (Wildman–Crippen MR) is 104 cm³/mol. The first-order valence-corrected chi connectivity index (χ1v) is 10.1. The molecule has 2 heterocycles. The molecule has 3 amide bonds. The molecule has 0 radical (unpaired) electrons. The van der Waals surface area contributed by atoms with Crippen molar-refractivity contribution >= 4 is 17.7 Å². The highest BCUT2D eigenvalue weighted by Crippen LogP contribution is 2.29. The van der Waals surface area contributed by atoms with Gasteiger partial charge in [-0.25, -0.2) is 0 Å². The number of imide groups is 1. The number of hydrogen-bond donors (Lipinski definition) is 2. The van der Waals surface area contributed by atoms with Crippen molar-refractivity contribution in [1.29, 1.82) is 0 Å².